The molecule has 4 aromatic rings. The first-order valence-corrected chi connectivity index (χ1v) is 16.0. The van der Waals surface area contributed by atoms with Crippen LogP contribution in [-0.2, 0) is 16.0 Å². The Morgan fingerprint density at radius 1 is 1.02 bits per heavy atom. The van der Waals surface area contributed by atoms with Crippen LogP contribution in [0.1, 0.15) is 41.2 Å². The van der Waals surface area contributed by atoms with Gasteiger partial charge in [0.1, 0.15) is 5.75 Å². The number of benzene rings is 4. The first-order valence-electron chi connectivity index (χ1n) is 14.8. The van der Waals surface area contributed by atoms with Gasteiger partial charge in [-0.05, 0) is 71.6 Å². The quantitative estimate of drug-likeness (QED) is 0.0973. The van der Waals surface area contributed by atoms with Gasteiger partial charge in [0, 0.05) is 41.1 Å². The van der Waals surface area contributed by atoms with Gasteiger partial charge in [-0.2, -0.15) is 0 Å². The summed E-state index contributed by atoms with van der Waals surface area (Å²) in [7, 11) is 0. The number of rotatable bonds is 14. The average molecular weight is 689 g/mol. The zero-order valence-electron chi connectivity index (χ0n) is 24.7. The minimum Gasteiger partial charge on any atom is -0.494 e. The molecular weight excluding hydrogens is 654 g/mol. The minimum atomic E-state index is -1.31. The second kappa shape index (κ2) is 15.9. The molecule has 0 saturated carbocycles. The van der Waals surface area contributed by atoms with Crippen LogP contribution in [-0.4, -0.2) is 42.2 Å². The molecule has 2 atom stereocenters. The summed E-state index contributed by atoms with van der Waals surface area (Å²) < 4.78 is 13.2. The Labute approximate surface area is 277 Å². The van der Waals surface area contributed by atoms with Gasteiger partial charge in [-0.25, -0.2) is 10.4 Å². The fourth-order valence-corrected chi connectivity index (χ4v) is 5.52. The molecule has 1 amide bonds. The summed E-state index contributed by atoms with van der Waals surface area (Å²) in [6.07, 6.45) is 4.78. The number of aliphatic hydroxyl groups is 1. The Kier molecular flexibility index (Phi) is 11.4. The van der Waals surface area contributed by atoms with Crippen LogP contribution in [0.2, 0.25) is 5.02 Å². The van der Waals surface area contributed by atoms with Crippen molar-refractivity contribution in [2.45, 2.75) is 30.9 Å². The highest BCUT2D eigenvalue weighted by Crippen LogP contribution is 2.43. The Morgan fingerprint density at radius 2 is 1.80 bits per heavy atom. The number of aliphatic imine (C=N–C) groups is 1. The van der Waals surface area contributed by atoms with Crippen LogP contribution in [0.5, 0.6) is 5.75 Å². The lowest BCUT2D eigenvalue weighted by atomic mass is 9.84. The largest absolute Gasteiger partial charge is 0.494 e. The molecule has 7 nitrogen and oxygen atoms in total. The van der Waals surface area contributed by atoms with Gasteiger partial charge >= 0.3 is 0 Å². The molecule has 45 heavy (non-hydrogen) atoms. The molecule has 0 radical (unpaired) electrons. The van der Waals surface area contributed by atoms with Crippen LogP contribution in [0.4, 0.5) is 0 Å². The Balaban J connectivity index is 1.45. The summed E-state index contributed by atoms with van der Waals surface area (Å²) in [4.78, 5) is 19.3. The van der Waals surface area contributed by atoms with Crippen molar-refractivity contribution in [3.05, 3.63) is 141 Å². The molecule has 4 aromatic carbocycles. The maximum Gasteiger partial charge on any atom is 0.266 e. The van der Waals surface area contributed by atoms with E-state index in [9.17, 15) is 4.79 Å². The maximum absolute atomic E-state index is 14.2. The molecule has 0 unspecified atom stereocenters. The number of carbonyl (C=O) groups excluding carboxylic acids is 1. The normalized spacial score (nSPS) is 17.6. The number of nitrogens with one attached hydrogen (secondary N) is 2. The third-order valence-electron chi connectivity index (χ3n) is 7.37. The molecule has 0 bridgehead atoms. The summed E-state index contributed by atoms with van der Waals surface area (Å²) in [5.74, 6) is 0.735. The van der Waals surface area contributed by atoms with Crippen molar-refractivity contribution in [3.8, 4) is 5.75 Å². The highest BCUT2D eigenvalue weighted by atomic mass is 79.9. The summed E-state index contributed by atoms with van der Waals surface area (Å²) >= 11 is 9.67. The molecule has 0 fully saturated rings. The zero-order chi connectivity index (χ0) is 31.5. The molecule has 0 saturated heterocycles. The first-order chi connectivity index (χ1) is 22.0. The van der Waals surface area contributed by atoms with Crippen molar-refractivity contribution in [1.29, 1.82) is 0 Å². The van der Waals surface area contributed by atoms with Crippen molar-refractivity contribution in [2.24, 2.45) is 4.99 Å². The van der Waals surface area contributed by atoms with Crippen molar-refractivity contribution >= 4 is 45.4 Å². The van der Waals surface area contributed by atoms with Crippen LogP contribution < -0.4 is 15.6 Å². The number of hydrogen-bond donors (Lipinski definition) is 3. The van der Waals surface area contributed by atoms with Crippen molar-refractivity contribution in [3.63, 3.8) is 0 Å². The van der Waals surface area contributed by atoms with Crippen molar-refractivity contribution < 1.29 is 19.4 Å². The lowest BCUT2D eigenvalue weighted by Gasteiger charge is -2.30. The SMILES string of the molecule is O=C(NNCCc1cccc(Cl)c1)[C@@]1(C/C=C/c2ccccc2)N=C(c2ccc(OCCCO)cc2)O[C@H]1c1ccc(Br)cc1. The number of ether oxygens (including phenoxy) is 2. The molecule has 5 rings (SSSR count). The lowest BCUT2D eigenvalue weighted by molar-refractivity contribution is -0.129. The number of hydrogen-bond acceptors (Lipinski definition) is 6. The van der Waals surface area contributed by atoms with E-state index in [2.05, 4.69) is 26.8 Å². The third-order valence-corrected chi connectivity index (χ3v) is 8.13. The van der Waals surface area contributed by atoms with Crippen molar-refractivity contribution in [2.75, 3.05) is 19.8 Å². The molecule has 3 N–H and O–H groups in total. The molecule has 1 aliphatic rings. The summed E-state index contributed by atoms with van der Waals surface area (Å²) in [6.45, 7) is 0.985. The number of aliphatic hydroxyl groups excluding tert-OH is 1. The Bertz CT molecular complexity index is 1610. The summed E-state index contributed by atoms with van der Waals surface area (Å²) in [5, 5.41) is 9.73. The van der Waals surface area contributed by atoms with Gasteiger partial charge in [0.15, 0.2) is 11.6 Å². The van der Waals surface area contributed by atoms with E-state index in [0.29, 0.717) is 42.7 Å². The van der Waals surface area contributed by atoms with Crippen LogP contribution >= 0.6 is 27.5 Å². The second-order valence-electron chi connectivity index (χ2n) is 10.6. The number of nitrogens with zero attached hydrogens (tertiary/aromatic N) is 1. The van der Waals surface area contributed by atoms with Gasteiger partial charge < -0.3 is 14.6 Å². The van der Waals surface area contributed by atoms with E-state index in [4.69, 9.17) is 31.2 Å². The van der Waals surface area contributed by atoms with Crippen LogP contribution in [0, 0.1) is 0 Å². The molecule has 0 aliphatic carbocycles. The highest BCUT2D eigenvalue weighted by Gasteiger charge is 2.52. The lowest BCUT2D eigenvalue weighted by Crippen LogP contribution is -2.52. The molecule has 232 valence electrons. The van der Waals surface area contributed by atoms with Crippen LogP contribution in [0.25, 0.3) is 6.08 Å². The predicted octanol–water partition coefficient (Wildman–Crippen LogP) is 7.09. The van der Waals surface area contributed by atoms with Crippen molar-refractivity contribution in [1.82, 2.24) is 10.9 Å². The number of halogens is 2. The van der Waals surface area contributed by atoms with Gasteiger partial charge in [0.05, 0.1) is 6.61 Å². The third kappa shape index (κ3) is 8.61. The van der Waals surface area contributed by atoms with Crippen LogP contribution in [0.3, 0.4) is 0 Å². The van der Waals surface area contributed by atoms with Gasteiger partial charge in [-0.3, -0.25) is 10.2 Å². The van der Waals surface area contributed by atoms with E-state index >= 15 is 0 Å². The molecule has 1 aliphatic heterocycles. The van der Waals surface area contributed by atoms with E-state index in [1.165, 1.54) is 0 Å². The topological polar surface area (TPSA) is 92.2 Å². The highest BCUT2D eigenvalue weighted by molar-refractivity contribution is 9.10. The summed E-state index contributed by atoms with van der Waals surface area (Å²) in [6, 6.07) is 32.7. The van der Waals surface area contributed by atoms with E-state index < -0.39 is 11.6 Å². The minimum absolute atomic E-state index is 0.0680. The molecule has 9 heteroatoms. The zero-order valence-corrected chi connectivity index (χ0v) is 27.0. The van der Waals surface area contributed by atoms with E-state index in [1.54, 1.807) is 0 Å². The van der Waals surface area contributed by atoms with Gasteiger partial charge in [0.2, 0.25) is 5.90 Å². The molecule has 1 heterocycles. The molecule has 0 spiro atoms. The first kappa shape index (κ1) is 32.4. The number of amides is 1. The maximum atomic E-state index is 14.2. The van der Waals surface area contributed by atoms with Gasteiger partial charge in [0.25, 0.3) is 5.91 Å². The molecule has 0 aromatic heterocycles. The fraction of sp³-hybridized carbons (Fsp3) is 0.222. The Morgan fingerprint density at radius 3 is 2.53 bits per heavy atom. The number of carbonyl (C=O) groups is 1. The Hall–Kier alpha value is -3.95. The predicted molar refractivity (Wildman–Crippen MR) is 182 cm³/mol. The van der Waals surface area contributed by atoms with E-state index in [-0.39, 0.29) is 18.9 Å². The average Bonchev–Trinajstić information content (AvgIpc) is 3.45. The summed E-state index contributed by atoms with van der Waals surface area (Å²) in [5.41, 5.74) is 8.34. The number of hydrazine groups is 1. The fourth-order valence-electron chi connectivity index (χ4n) is 5.04. The smallest absolute Gasteiger partial charge is 0.266 e. The van der Waals surface area contributed by atoms with Gasteiger partial charge in [-0.1, -0.05) is 94.3 Å². The van der Waals surface area contributed by atoms with E-state index in [0.717, 1.165) is 26.7 Å². The monoisotopic (exact) mass is 687 g/mol. The standard InChI is InChI=1S/C36H35BrClN3O4/c37-30-16-12-28(13-17-30)33-36(21-5-10-26-7-2-1-3-8-26,35(43)41-39-22-20-27-9-4-11-31(38)25-27)40-34(45-33)29-14-18-32(19-15-29)44-24-6-23-42/h1-5,7-19,25,33,39,42H,6,20-24H2,(H,41,43)/b10-5+/t33-,36-/m0/s1. The molecular formula is C36H35BrClN3O4. The van der Waals surface area contributed by atoms with Gasteiger partial charge in [-0.15, -0.1) is 0 Å². The van der Waals surface area contributed by atoms with Crippen LogP contribution in [0.15, 0.2) is 119 Å². The second-order valence-corrected chi connectivity index (χ2v) is 12.0. The van der Waals surface area contributed by atoms with E-state index in [1.807, 2.05) is 115 Å².